The topological polar surface area (TPSA) is 46.5 Å². The van der Waals surface area contributed by atoms with Gasteiger partial charge in [0.25, 0.3) is 0 Å². The molecule has 0 aliphatic heterocycles. The third kappa shape index (κ3) is 1.97. The Hall–Kier alpha value is -1.51. The second-order valence-corrected chi connectivity index (χ2v) is 7.11. The molecule has 0 amide bonds. The number of carboxylic acid groups (broad SMARTS) is 1. The van der Waals surface area contributed by atoms with E-state index in [1.807, 2.05) is 13.0 Å². The quantitative estimate of drug-likeness (QED) is 0.900. The van der Waals surface area contributed by atoms with E-state index in [1.54, 1.807) is 7.11 Å². The fourth-order valence-electron chi connectivity index (χ4n) is 4.82. The van der Waals surface area contributed by atoms with E-state index >= 15 is 0 Å². The maximum Gasteiger partial charge on any atom is 0.309 e. The minimum absolute atomic E-state index is 0.0481. The molecule has 1 aromatic carbocycles. The van der Waals surface area contributed by atoms with E-state index in [0.29, 0.717) is 0 Å². The lowest BCUT2D eigenvalue weighted by molar-refractivity contribution is -0.157. The number of methoxy groups -OCH3 is 1. The Labute approximate surface area is 126 Å². The highest BCUT2D eigenvalue weighted by atomic mass is 16.5. The van der Waals surface area contributed by atoms with Crippen molar-refractivity contribution in [2.75, 3.05) is 7.11 Å². The summed E-state index contributed by atoms with van der Waals surface area (Å²) in [6, 6.07) is 6.30. The molecule has 0 heterocycles. The first-order chi connectivity index (χ1) is 9.91. The fourth-order valence-corrected chi connectivity index (χ4v) is 4.82. The second-order valence-electron chi connectivity index (χ2n) is 7.11. The lowest BCUT2D eigenvalue weighted by Crippen LogP contribution is -2.52. The Bertz CT molecular complexity index is 580. The molecule has 0 spiro atoms. The summed E-state index contributed by atoms with van der Waals surface area (Å²) in [6.07, 6.45) is 4.79. The first kappa shape index (κ1) is 14.4. The van der Waals surface area contributed by atoms with Crippen LogP contribution in [-0.2, 0) is 16.6 Å². The molecule has 3 atom stereocenters. The van der Waals surface area contributed by atoms with Crippen LogP contribution in [0.15, 0.2) is 18.2 Å². The molecule has 3 nitrogen and oxygen atoms in total. The van der Waals surface area contributed by atoms with Crippen molar-refractivity contribution in [1.29, 1.82) is 0 Å². The maximum absolute atomic E-state index is 11.9. The molecule has 0 saturated heterocycles. The minimum atomic E-state index is -0.634. The lowest BCUT2D eigenvalue weighted by atomic mass is 9.50. The highest BCUT2D eigenvalue weighted by molar-refractivity contribution is 5.75. The van der Waals surface area contributed by atoms with E-state index in [4.69, 9.17) is 4.74 Å². The molecule has 3 rings (SSSR count). The van der Waals surface area contributed by atoms with Crippen molar-refractivity contribution in [1.82, 2.24) is 0 Å². The summed E-state index contributed by atoms with van der Waals surface area (Å²) < 4.78 is 5.39. The third-order valence-corrected chi connectivity index (χ3v) is 6.05. The molecule has 3 heteroatoms. The number of ether oxygens (including phenoxy) is 1. The maximum atomic E-state index is 11.9. The highest BCUT2D eigenvalue weighted by Gasteiger charge is 2.55. The molecule has 0 bridgehead atoms. The zero-order valence-corrected chi connectivity index (χ0v) is 13.1. The predicted molar refractivity (Wildman–Crippen MR) is 81.8 cm³/mol. The number of carboxylic acids is 1. The van der Waals surface area contributed by atoms with E-state index in [-0.39, 0.29) is 11.3 Å². The van der Waals surface area contributed by atoms with Crippen molar-refractivity contribution in [2.24, 2.45) is 11.3 Å². The van der Waals surface area contributed by atoms with Crippen LogP contribution < -0.4 is 4.74 Å². The molecular weight excluding hydrogens is 264 g/mol. The Morgan fingerprint density at radius 3 is 2.76 bits per heavy atom. The largest absolute Gasteiger partial charge is 0.497 e. The number of fused-ring (bicyclic) bond motifs is 3. The molecule has 114 valence electrons. The van der Waals surface area contributed by atoms with Gasteiger partial charge in [-0.1, -0.05) is 19.4 Å². The molecule has 2 aliphatic carbocycles. The van der Waals surface area contributed by atoms with Crippen molar-refractivity contribution in [2.45, 2.75) is 51.4 Å². The van der Waals surface area contributed by atoms with Crippen molar-refractivity contribution < 1.29 is 14.6 Å². The van der Waals surface area contributed by atoms with Crippen LogP contribution in [0.25, 0.3) is 0 Å². The first-order valence-corrected chi connectivity index (χ1v) is 7.82. The molecule has 1 N–H and O–H groups in total. The van der Waals surface area contributed by atoms with Crippen LogP contribution >= 0.6 is 0 Å². The SMILES string of the molecule is COc1ccc2c(c1)[C@]1(C)CCC[C@](C)(C(=O)O)[C@@H]1CC2. The Balaban J connectivity index is 2.12. The number of hydrogen-bond donors (Lipinski definition) is 1. The number of benzene rings is 1. The highest BCUT2D eigenvalue weighted by Crippen LogP contribution is 2.57. The van der Waals surface area contributed by atoms with Crippen LogP contribution in [0.1, 0.15) is 50.7 Å². The normalized spacial score (nSPS) is 34.7. The monoisotopic (exact) mass is 288 g/mol. The summed E-state index contributed by atoms with van der Waals surface area (Å²) in [4.78, 5) is 11.9. The Morgan fingerprint density at radius 2 is 2.10 bits per heavy atom. The van der Waals surface area contributed by atoms with Crippen molar-refractivity contribution in [3.8, 4) is 5.75 Å². The van der Waals surface area contributed by atoms with E-state index in [9.17, 15) is 9.90 Å². The van der Waals surface area contributed by atoms with Gasteiger partial charge >= 0.3 is 5.97 Å². The first-order valence-electron chi connectivity index (χ1n) is 7.82. The van der Waals surface area contributed by atoms with Crippen LogP contribution in [-0.4, -0.2) is 18.2 Å². The minimum Gasteiger partial charge on any atom is -0.497 e. The van der Waals surface area contributed by atoms with Crippen LogP contribution in [0.4, 0.5) is 0 Å². The molecule has 21 heavy (non-hydrogen) atoms. The van der Waals surface area contributed by atoms with Crippen molar-refractivity contribution in [3.05, 3.63) is 29.3 Å². The van der Waals surface area contributed by atoms with Crippen molar-refractivity contribution >= 4 is 5.97 Å². The van der Waals surface area contributed by atoms with Gasteiger partial charge in [0.15, 0.2) is 0 Å². The number of aryl methyl sites for hydroxylation is 1. The smallest absolute Gasteiger partial charge is 0.309 e. The second kappa shape index (κ2) is 4.75. The van der Waals surface area contributed by atoms with E-state index < -0.39 is 11.4 Å². The van der Waals surface area contributed by atoms with E-state index in [2.05, 4.69) is 19.1 Å². The zero-order chi connectivity index (χ0) is 15.3. The van der Waals surface area contributed by atoms with Crippen molar-refractivity contribution in [3.63, 3.8) is 0 Å². The summed E-state index contributed by atoms with van der Waals surface area (Å²) in [5.74, 6) is 0.443. The number of aliphatic carboxylic acids is 1. The number of rotatable bonds is 2. The van der Waals surface area contributed by atoms with Gasteiger partial charge in [0.1, 0.15) is 5.75 Å². The molecule has 1 saturated carbocycles. The molecule has 0 aromatic heterocycles. The zero-order valence-electron chi connectivity index (χ0n) is 13.1. The summed E-state index contributed by atoms with van der Waals surface area (Å²) in [5, 5.41) is 9.77. The van der Waals surface area contributed by atoms with Gasteiger partial charge in [-0.05, 0) is 67.2 Å². The van der Waals surface area contributed by atoms with Crippen LogP contribution in [0.5, 0.6) is 5.75 Å². The molecule has 0 radical (unpaired) electrons. The lowest BCUT2D eigenvalue weighted by Gasteiger charge is -2.53. The van der Waals surface area contributed by atoms with E-state index in [0.717, 1.165) is 37.9 Å². The van der Waals surface area contributed by atoms with Gasteiger partial charge in [0.2, 0.25) is 0 Å². The van der Waals surface area contributed by atoms with Gasteiger partial charge in [-0.3, -0.25) is 4.79 Å². The molecule has 0 unspecified atom stereocenters. The standard InChI is InChI=1S/C18H24O3/c1-17-9-4-10-18(2,16(19)20)15(17)8-6-12-5-7-13(21-3)11-14(12)17/h5,7,11,15H,4,6,8-10H2,1-3H3,(H,19,20)/t15-,17+,18+/m1/s1. The third-order valence-electron chi connectivity index (χ3n) is 6.05. The van der Waals surface area contributed by atoms with Gasteiger partial charge in [-0.2, -0.15) is 0 Å². The molecule has 1 aromatic rings. The number of hydrogen-bond acceptors (Lipinski definition) is 2. The van der Waals surface area contributed by atoms with Gasteiger partial charge in [-0.15, -0.1) is 0 Å². The van der Waals surface area contributed by atoms with Crippen LogP contribution in [0.3, 0.4) is 0 Å². The Kier molecular flexibility index (Phi) is 3.27. The molecular formula is C18H24O3. The average molecular weight is 288 g/mol. The van der Waals surface area contributed by atoms with Crippen LogP contribution in [0.2, 0.25) is 0 Å². The van der Waals surface area contributed by atoms with Gasteiger partial charge in [0.05, 0.1) is 12.5 Å². The molecule has 2 aliphatic rings. The van der Waals surface area contributed by atoms with Gasteiger partial charge in [0, 0.05) is 0 Å². The number of carbonyl (C=O) groups is 1. The summed E-state index contributed by atoms with van der Waals surface area (Å²) in [6.45, 7) is 4.21. The summed E-state index contributed by atoms with van der Waals surface area (Å²) in [5.41, 5.74) is 2.02. The van der Waals surface area contributed by atoms with Gasteiger partial charge < -0.3 is 9.84 Å². The van der Waals surface area contributed by atoms with Gasteiger partial charge in [-0.25, -0.2) is 0 Å². The van der Waals surface area contributed by atoms with E-state index in [1.165, 1.54) is 11.1 Å². The van der Waals surface area contributed by atoms with Crippen LogP contribution in [0, 0.1) is 11.3 Å². The summed E-state index contributed by atoms with van der Waals surface area (Å²) in [7, 11) is 1.69. The summed E-state index contributed by atoms with van der Waals surface area (Å²) >= 11 is 0. The average Bonchev–Trinajstić information content (AvgIpc) is 2.46. The fraction of sp³-hybridized carbons (Fsp3) is 0.611. The molecule has 1 fully saturated rings. The Morgan fingerprint density at radius 1 is 1.33 bits per heavy atom. The predicted octanol–water partition coefficient (Wildman–Crippen LogP) is 3.79.